The van der Waals surface area contributed by atoms with E-state index in [0.29, 0.717) is 5.13 Å². The molecule has 0 aliphatic rings. The van der Waals surface area contributed by atoms with Gasteiger partial charge in [0.1, 0.15) is 5.01 Å². The first-order valence-electron chi connectivity index (χ1n) is 5.99. The van der Waals surface area contributed by atoms with Crippen molar-refractivity contribution < 1.29 is 9.90 Å². The summed E-state index contributed by atoms with van der Waals surface area (Å²) < 4.78 is 0. The van der Waals surface area contributed by atoms with E-state index in [1.807, 2.05) is 0 Å². The molecule has 0 atom stereocenters. The normalized spacial score (nSPS) is 11.3. The van der Waals surface area contributed by atoms with Crippen molar-refractivity contribution in [1.29, 1.82) is 0 Å². The zero-order chi connectivity index (χ0) is 13.6. The van der Waals surface area contributed by atoms with Crippen LogP contribution in [0.4, 0.5) is 9.93 Å². The standard InChI is InChI=1S/C11H20N4O2S/c1-4-5-6-8-14-15-10(18-8)12-9(17)13-11(2,3)7-16/h16H,4-7H2,1-3H3,(H2,12,13,15,17). The van der Waals surface area contributed by atoms with Gasteiger partial charge < -0.3 is 10.4 Å². The summed E-state index contributed by atoms with van der Waals surface area (Å²) in [5, 5.41) is 23.6. The molecule has 1 aromatic rings. The highest BCUT2D eigenvalue weighted by molar-refractivity contribution is 7.15. The molecule has 1 heterocycles. The third kappa shape index (κ3) is 4.97. The van der Waals surface area contributed by atoms with Crippen molar-refractivity contribution in [2.24, 2.45) is 0 Å². The van der Waals surface area contributed by atoms with Crippen LogP contribution in [0.15, 0.2) is 0 Å². The number of rotatable bonds is 6. The third-order valence-electron chi connectivity index (χ3n) is 2.28. The number of hydrogen-bond donors (Lipinski definition) is 3. The van der Waals surface area contributed by atoms with Gasteiger partial charge in [-0.25, -0.2) is 4.79 Å². The fourth-order valence-corrected chi connectivity index (χ4v) is 1.99. The molecule has 0 aromatic carbocycles. The van der Waals surface area contributed by atoms with Gasteiger partial charge in [0.25, 0.3) is 0 Å². The molecule has 0 aliphatic carbocycles. The second-order valence-electron chi connectivity index (χ2n) is 4.73. The number of amides is 2. The molecule has 0 spiro atoms. The van der Waals surface area contributed by atoms with Crippen molar-refractivity contribution in [3.8, 4) is 0 Å². The van der Waals surface area contributed by atoms with Gasteiger partial charge in [0.05, 0.1) is 12.1 Å². The minimum Gasteiger partial charge on any atom is -0.394 e. The number of hydrogen-bond acceptors (Lipinski definition) is 5. The number of aliphatic hydroxyl groups is 1. The van der Waals surface area contributed by atoms with Gasteiger partial charge in [0, 0.05) is 6.42 Å². The highest BCUT2D eigenvalue weighted by Crippen LogP contribution is 2.17. The minimum absolute atomic E-state index is 0.127. The van der Waals surface area contributed by atoms with E-state index in [2.05, 4.69) is 27.8 Å². The molecule has 2 amide bonds. The third-order valence-corrected chi connectivity index (χ3v) is 3.18. The number of carbonyl (C=O) groups is 1. The first-order chi connectivity index (χ1) is 8.46. The Morgan fingerprint density at radius 2 is 2.17 bits per heavy atom. The van der Waals surface area contributed by atoms with Crippen molar-refractivity contribution in [2.75, 3.05) is 11.9 Å². The molecule has 0 saturated heterocycles. The van der Waals surface area contributed by atoms with Crippen LogP contribution >= 0.6 is 11.3 Å². The molecule has 7 heteroatoms. The summed E-state index contributed by atoms with van der Waals surface area (Å²) in [6, 6.07) is -0.382. The summed E-state index contributed by atoms with van der Waals surface area (Å²) in [5.74, 6) is 0. The monoisotopic (exact) mass is 272 g/mol. The van der Waals surface area contributed by atoms with Crippen LogP contribution < -0.4 is 10.6 Å². The van der Waals surface area contributed by atoms with E-state index in [4.69, 9.17) is 5.11 Å². The summed E-state index contributed by atoms with van der Waals surface area (Å²) in [4.78, 5) is 11.6. The smallest absolute Gasteiger partial charge is 0.321 e. The number of anilines is 1. The highest BCUT2D eigenvalue weighted by Gasteiger charge is 2.19. The Bertz CT molecular complexity index is 392. The van der Waals surface area contributed by atoms with Crippen LogP contribution in [0.3, 0.4) is 0 Å². The van der Waals surface area contributed by atoms with E-state index < -0.39 is 5.54 Å². The van der Waals surface area contributed by atoms with Crippen molar-refractivity contribution in [3.05, 3.63) is 5.01 Å². The second kappa shape index (κ2) is 6.65. The van der Waals surface area contributed by atoms with Crippen LogP contribution in [0.25, 0.3) is 0 Å². The van der Waals surface area contributed by atoms with Gasteiger partial charge in [-0.3, -0.25) is 5.32 Å². The lowest BCUT2D eigenvalue weighted by Crippen LogP contribution is -2.48. The average molecular weight is 272 g/mol. The van der Waals surface area contributed by atoms with Crippen LogP contribution in [0.1, 0.15) is 38.6 Å². The predicted molar refractivity (Wildman–Crippen MR) is 71.8 cm³/mol. The molecule has 3 N–H and O–H groups in total. The summed E-state index contributed by atoms with van der Waals surface area (Å²) in [5.41, 5.74) is -0.653. The van der Waals surface area contributed by atoms with E-state index in [1.165, 1.54) is 11.3 Å². The summed E-state index contributed by atoms with van der Waals surface area (Å²) >= 11 is 1.38. The molecule has 6 nitrogen and oxygen atoms in total. The zero-order valence-electron chi connectivity index (χ0n) is 11.0. The van der Waals surface area contributed by atoms with Crippen LogP contribution in [0.5, 0.6) is 0 Å². The molecule has 1 rings (SSSR count). The Kier molecular flexibility index (Phi) is 5.49. The Morgan fingerprint density at radius 1 is 1.44 bits per heavy atom. The molecule has 102 valence electrons. The molecular formula is C11H20N4O2S. The Morgan fingerprint density at radius 3 is 2.78 bits per heavy atom. The molecule has 18 heavy (non-hydrogen) atoms. The van der Waals surface area contributed by atoms with Crippen LogP contribution in [0, 0.1) is 0 Å². The SMILES string of the molecule is CCCCc1nnc(NC(=O)NC(C)(C)CO)s1. The maximum absolute atomic E-state index is 11.6. The molecule has 0 fully saturated rings. The number of nitrogens with one attached hydrogen (secondary N) is 2. The first kappa shape index (κ1) is 14.8. The van der Waals surface area contributed by atoms with E-state index in [-0.39, 0.29) is 12.6 Å². The van der Waals surface area contributed by atoms with Gasteiger partial charge in [-0.05, 0) is 20.3 Å². The van der Waals surface area contributed by atoms with E-state index >= 15 is 0 Å². The maximum Gasteiger partial charge on any atom is 0.321 e. The summed E-state index contributed by atoms with van der Waals surface area (Å²) in [6.07, 6.45) is 3.06. The van der Waals surface area contributed by atoms with Gasteiger partial charge >= 0.3 is 6.03 Å². The number of aromatic nitrogens is 2. The number of unbranched alkanes of at least 4 members (excludes halogenated alkanes) is 1. The minimum atomic E-state index is -0.653. The number of nitrogens with zero attached hydrogens (tertiary/aromatic N) is 2. The van der Waals surface area contributed by atoms with Crippen LogP contribution in [-0.4, -0.2) is 33.5 Å². The molecule has 0 aliphatic heterocycles. The summed E-state index contributed by atoms with van der Waals surface area (Å²) in [7, 11) is 0. The largest absolute Gasteiger partial charge is 0.394 e. The lowest BCUT2D eigenvalue weighted by molar-refractivity contribution is 0.187. The number of carbonyl (C=O) groups excluding carboxylic acids is 1. The lowest BCUT2D eigenvalue weighted by Gasteiger charge is -2.22. The Balaban J connectivity index is 2.47. The molecule has 0 unspecified atom stereocenters. The van der Waals surface area contributed by atoms with Crippen LogP contribution in [-0.2, 0) is 6.42 Å². The quantitative estimate of drug-likeness (QED) is 0.736. The summed E-state index contributed by atoms with van der Waals surface area (Å²) in [6.45, 7) is 5.46. The van der Waals surface area contributed by atoms with E-state index in [0.717, 1.165) is 24.3 Å². The van der Waals surface area contributed by atoms with Crippen LogP contribution in [0.2, 0.25) is 0 Å². The van der Waals surface area contributed by atoms with Gasteiger partial charge in [-0.15, -0.1) is 10.2 Å². The van der Waals surface area contributed by atoms with Gasteiger partial charge in [0.2, 0.25) is 5.13 Å². The van der Waals surface area contributed by atoms with E-state index in [9.17, 15) is 4.79 Å². The fourth-order valence-electron chi connectivity index (χ4n) is 1.21. The Hall–Kier alpha value is -1.21. The van der Waals surface area contributed by atoms with Gasteiger partial charge in [0.15, 0.2) is 0 Å². The molecular weight excluding hydrogens is 252 g/mol. The Labute approximate surface area is 111 Å². The van der Waals surface area contributed by atoms with E-state index in [1.54, 1.807) is 13.8 Å². The molecule has 1 aromatic heterocycles. The average Bonchev–Trinajstić information content (AvgIpc) is 2.73. The highest BCUT2D eigenvalue weighted by atomic mass is 32.1. The lowest BCUT2D eigenvalue weighted by atomic mass is 10.1. The molecule has 0 saturated carbocycles. The first-order valence-corrected chi connectivity index (χ1v) is 6.81. The van der Waals surface area contributed by atoms with Crippen molar-refractivity contribution in [2.45, 2.75) is 45.6 Å². The molecule has 0 bridgehead atoms. The van der Waals surface area contributed by atoms with Crippen molar-refractivity contribution >= 4 is 22.5 Å². The molecule has 0 radical (unpaired) electrons. The van der Waals surface area contributed by atoms with Crippen molar-refractivity contribution in [3.63, 3.8) is 0 Å². The zero-order valence-corrected chi connectivity index (χ0v) is 11.8. The predicted octanol–water partition coefficient (Wildman–Crippen LogP) is 1.77. The topological polar surface area (TPSA) is 87.1 Å². The second-order valence-corrected chi connectivity index (χ2v) is 5.79. The van der Waals surface area contributed by atoms with Gasteiger partial charge in [-0.2, -0.15) is 0 Å². The number of aliphatic hydroxyl groups excluding tert-OH is 1. The number of aryl methyl sites for hydroxylation is 1. The van der Waals surface area contributed by atoms with Crippen molar-refractivity contribution in [1.82, 2.24) is 15.5 Å². The van der Waals surface area contributed by atoms with Gasteiger partial charge in [-0.1, -0.05) is 24.7 Å². The number of urea groups is 1. The maximum atomic E-state index is 11.6. The fraction of sp³-hybridized carbons (Fsp3) is 0.727.